The summed E-state index contributed by atoms with van der Waals surface area (Å²) in [6.07, 6.45) is 115. The zero-order chi connectivity index (χ0) is 68.3. The minimum absolute atomic E-state index is 0.0108. The third-order valence-corrected chi connectivity index (χ3v) is 15.5. The van der Waals surface area contributed by atoms with Crippen molar-refractivity contribution in [1.82, 2.24) is 0 Å². The van der Waals surface area contributed by atoms with Crippen LogP contribution in [0.25, 0.3) is 0 Å². The number of esters is 2. The predicted molar refractivity (Wildman–Crippen MR) is 408 cm³/mol. The lowest BCUT2D eigenvalue weighted by Crippen LogP contribution is -2.37. The molecule has 0 radical (unpaired) electrons. The molecule has 0 bridgehead atoms. The maximum Gasteiger partial charge on any atom is 0.472 e. The lowest BCUT2D eigenvalue weighted by molar-refractivity contribution is -0.870. The van der Waals surface area contributed by atoms with Crippen molar-refractivity contribution in [2.75, 3.05) is 47.5 Å². The van der Waals surface area contributed by atoms with Crippen LogP contribution in [0, 0.1) is 0 Å². The molecule has 0 aromatic carbocycles. The average molecular weight is 1320 g/mol. The highest BCUT2D eigenvalue weighted by Gasteiger charge is 2.27. The molecule has 0 saturated heterocycles. The van der Waals surface area contributed by atoms with E-state index in [9.17, 15) is 19.0 Å². The fraction of sp³-hybridized carbons (Fsp3) is 0.548. The number of allylic oxidation sites excluding steroid dienone is 36. The van der Waals surface area contributed by atoms with Crippen molar-refractivity contribution in [3.63, 3.8) is 0 Å². The van der Waals surface area contributed by atoms with Crippen molar-refractivity contribution in [3.8, 4) is 0 Å². The third-order valence-electron chi connectivity index (χ3n) is 14.5. The Morgan fingerprint density at radius 1 is 0.330 bits per heavy atom. The molecule has 94 heavy (non-hydrogen) atoms. The molecule has 2 atom stereocenters. The van der Waals surface area contributed by atoms with E-state index in [-0.39, 0.29) is 26.1 Å². The molecule has 0 aliphatic heterocycles. The largest absolute Gasteiger partial charge is 0.472 e. The summed E-state index contributed by atoms with van der Waals surface area (Å²) < 4.78 is 34.7. The Bertz CT molecular complexity index is 2390. The van der Waals surface area contributed by atoms with E-state index < -0.39 is 32.5 Å². The van der Waals surface area contributed by atoms with Crippen LogP contribution in [0.1, 0.15) is 245 Å². The first-order chi connectivity index (χ1) is 46.0. The molecule has 0 aromatic rings. The smallest absolute Gasteiger partial charge is 0.462 e. The third kappa shape index (κ3) is 75.4. The number of hydrogen-bond donors (Lipinski definition) is 1. The molecule has 0 aromatic heterocycles. The Hall–Kier alpha value is -5.67. The summed E-state index contributed by atoms with van der Waals surface area (Å²) in [6.45, 7) is 4.13. The summed E-state index contributed by atoms with van der Waals surface area (Å²) in [4.78, 5) is 35.9. The summed E-state index contributed by atoms with van der Waals surface area (Å²) in [6, 6.07) is 0. The molecule has 0 fully saturated rings. The standard InChI is InChI=1S/C84H132NO8P/c1-6-8-10-12-14-16-18-20-22-24-26-28-30-32-34-36-38-40-41-42-43-45-46-48-50-52-54-56-58-60-62-64-66-68-70-72-74-76-83(86)90-80-82(81-92-94(88,89)91-79-78-85(3,4)5)93-84(87)77-75-73-71-69-67-65-63-61-59-57-55-53-51-49-47-44-39-37-35-33-31-29-27-25-23-21-19-17-15-13-11-9-7-2/h8-11,14-17,20-23,26-29,32-35,38-40,42-44,46,48-49,51,55,57,61,63,67,69,82H,6-7,12-13,18-19,24-25,30-31,36-37,41,45,47,50,52-54,56,58-60,62,64-66,68,70-81H2,1-5H3/p+1/b10-8-,11-9-,16-14-,17-15-,22-20-,23-21-,28-26-,29-27-,34-32-,35-33-,40-38-,43-42-,44-39-,48-46-,51-49-,57-55-,63-61-,69-67-. The van der Waals surface area contributed by atoms with E-state index in [4.69, 9.17) is 18.5 Å². The van der Waals surface area contributed by atoms with Crippen LogP contribution in [0.3, 0.4) is 0 Å². The highest BCUT2D eigenvalue weighted by molar-refractivity contribution is 7.47. The summed E-state index contributed by atoms with van der Waals surface area (Å²) in [5.74, 6) is -0.866. The molecule has 9 nitrogen and oxygen atoms in total. The number of carbonyl (C=O) groups excluding carboxylic acids is 2. The van der Waals surface area contributed by atoms with Crippen molar-refractivity contribution in [2.45, 2.75) is 251 Å². The van der Waals surface area contributed by atoms with Crippen LogP contribution in [-0.4, -0.2) is 74.9 Å². The highest BCUT2D eigenvalue weighted by Crippen LogP contribution is 2.43. The van der Waals surface area contributed by atoms with Crippen molar-refractivity contribution < 1.29 is 42.1 Å². The average Bonchev–Trinajstić information content (AvgIpc) is 1.56. The van der Waals surface area contributed by atoms with Crippen molar-refractivity contribution in [1.29, 1.82) is 0 Å². The second-order valence-corrected chi connectivity index (χ2v) is 26.0. The predicted octanol–water partition coefficient (Wildman–Crippen LogP) is 24.4. The zero-order valence-corrected chi connectivity index (χ0v) is 60.7. The Morgan fingerprint density at radius 3 is 0.872 bits per heavy atom. The Balaban J connectivity index is 4.20. The van der Waals surface area contributed by atoms with Gasteiger partial charge in [-0.05, 0) is 154 Å². The summed E-state index contributed by atoms with van der Waals surface area (Å²) in [7, 11) is 1.42. The number of unbranched alkanes of at least 4 members (excludes halogenated alkanes) is 14. The number of likely N-dealkylation sites (N-methyl/N-ethyl adjacent to an activating group) is 1. The van der Waals surface area contributed by atoms with Gasteiger partial charge < -0.3 is 18.9 Å². The van der Waals surface area contributed by atoms with Gasteiger partial charge >= 0.3 is 19.8 Å². The van der Waals surface area contributed by atoms with Crippen LogP contribution in [0.15, 0.2) is 219 Å². The van der Waals surface area contributed by atoms with Gasteiger partial charge in [0.05, 0.1) is 27.7 Å². The van der Waals surface area contributed by atoms with E-state index in [1.54, 1.807) is 0 Å². The molecule has 526 valence electrons. The minimum atomic E-state index is -4.42. The second kappa shape index (κ2) is 71.6. The van der Waals surface area contributed by atoms with Crippen LogP contribution in [0.4, 0.5) is 0 Å². The van der Waals surface area contributed by atoms with Crippen LogP contribution in [0.5, 0.6) is 0 Å². The molecule has 0 aliphatic rings. The Morgan fingerprint density at radius 2 is 0.574 bits per heavy atom. The van der Waals surface area contributed by atoms with Gasteiger partial charge in [0.15, 0.2) is 6.10 Å². The van der Waals surface area contributed by atoms with Gasteiger partial charge in [-0.2, -0.15) is 0 Å². The SMILES string of the molecule is CC/C=C\C/C=C\C/C=C\C/C=C\C/C=C\C/C=C\C/C=C\C/C=C\C/C=C\C/C=C\CCCCC(=O)OC(COC(=O)CCCCCCCCCCCCCC/C=C\C/C=C\C/C=C\C/C=C\C/C=C\C/C=C\C/C=C\C/C=C\CC)COP(=O)(O)OCC[N+](C)(C)C. The molecule has 0 rings (SSSR count). The quantitative estimate of drug-likeness (QED) is 0.0211. The first kappa shape index (κ1) is 88.3. The first-order valence-electron chi connectivity index (χ1n) is 36.5. The fourth-order valence-electron chi connectivity index (χ4n) is 9.00. The molecule has 0 amide bonds. The van der Waals surface area contributed by atoms with Gasteiger partial charge in [-0.25, -0.2) is 4.57 Å². The number of rotatable bonds is 64. The molecule has 0 saturated carbocycles. The number of hydrogen-bond acceptors (Lipinski definition) is 7. The summed E-state index contributed by atoms with van der Waals surface area (Å²) >= 11 is 0. The van der Waals surface area contributed by atoms with Crippen molar-refractivity contribution in [2.24, 2.45) is 0 Å². The number of quaternary nitrogens is 1. The normalized spacial score (nSPS) is 14.4. The van der Waals surface area contributed by atoms with Crippen molar-refractivity contribution >= 4 is 19.8 Å². The van der Waals surface area contributed by atoms with Gasteiger partial charge in [0.2, 0.25) is 0 Å². The van der Waals surface area contributed by atoms with E-state index in [0.717, 1.165) is 161 Å². The lowest BCUT2D eigenvalue weighted by Gasteiger charge is -2.24. The molecule has 2 unspecified atom stereocenters. The van der Waals surface area contributed by atoms with Crippen LogP contribution < -0.4 is 0 Å². The number of phosphoric ester groups is 1. The van der Waals surface area contributed by atoms with E-state index in [2.05, 4.69) is 233 Å². The van der Waals surface area contributed by atoms with Gasteiger partial charge in [-0.15, -0.1) is 0 Å². The van der Waals surface area contributed by atoms with E-state index in [0.29, 0.717) is 17.4 Å². The second-order valence-electron chi connectivity index (χ2n) is 24.5. The van der Waals surface area contributed by atoms with Crippen LogP contribution in [-0.2, 0) is 32.7 Å². The monoisotopic (exact) mass is 1310 g/mol. The molecular weight excluding hydrogens is 1180 g/mol. The van der Waals surface area contributed by atoms with Crippen molar-refractivity contribution in [3.05, 3.63) is 219 Å². The maximum atomic E-state index is 12.9. The lowest BCUT2D eigenvalue weighted by atomic mass is 10.0. The number of phosphoric acid groups is 1. The molecule has 0 heterocycles. The maximum absolute atomic E-state index is 12.9. The Kier molecular flexibility index (Phi) is 67.3. The van der Waals surface area contributed by atoms with E-state index in [1.807, 2.05) is 21.1 Å². The van der Waals surface area contributed by atoms with Crippen LogP contribution >= 0.6 is 7.82 Å². The summed E-state index contributed by atoms with van der Waals surface area (Å²) in [5.41, 5.74) is 0. The number of nitrogens with zero attached hydrogens (tertiary/aromatic N) is 1. The minimum Gasteiger partial charge on any atom is -0.462 e. The molecule has 10 heteroatoms. The topological polar surface area (TPSA) is 108 Å². The number of ether oxygens (including phenoxy) is 2. The molecule has 0 spiro atoms. The molecule has 0 aliphatic carbocycles. The van der Waals surface area contributed by atoms with E-state index in [1.165, 1.54) is 51.4 Å². The van der Waals surface area contributed by atoms with Gasteiger partial charge in [0, 0.05) is 12.8 Å². The van der Waals surface area contributed by atoms with E-state index >= 15 is 0 Å². The fourth-order valence-corrected chi connectivity index (χ4v) is 9.74. The first-order valence-corrected chi connectivity index (χ1v) is 38.0. The summed E-state index contributed by atoms with van der Waals surface area (Å²) in [5, 5.41) is 0. The van der Waals surface area contributed by atoms with Gasteiger partial charge in [0.1, 0.15) is 19.8 Å². The molecule has 1 N–H and O–H groups in total. The van der Waals surface area contributed by atoms with Gasteiger partial charge in [-0.3, -0.25) is 18.6 Å². The van der Waals surface area contributed by atoms with Gasteiger partial charge in [0.25, 0.3) is 0 Å². The number of carbonyl (C=O) groups is 2. The Labute approximate surface area is 576 Å². The van der Waals surface area contributed by atoms with Gasteiger partial charge in [-0.1, -0.05) is 297 Å². The zero-order valence-electron chi connectivity index (χ0n) is 59.8. The highest BCUT2D eigenvalue weighted by atomic mass is 31.2. The molecular formula is C84H133NO8P+. The van der Waals surface area contributed by atoms with Crippen LogP contribution in [0.2, 0.25) is 0 Å².